The molecule has 2 unspecified atom stereocenters. The Morgan fingerprint density at radius 2 is 1.14 bits per heavy atom. The van der Waals surface area contributed by atoms with Crippen LogP contribution in [-0.4, -0.2) is 62.2 Å². The SMILES string of the molecule is CC1(C)OCC([C@@H]([C@H](C2COC(C)(C)O2)[C@@H]2CN2)[C@@H]2CN2)O1. The number of rotatable bonds is 5. The van der Waals surface area contributed by atoms with Crippen molar-refractivity contribution in [3.8, 4) is 0 Å². The predicted octanol–water partition coefficient (Wildman–Crippen LogP) is 0.465. The second-order valence-corrected chi connectivity index (χ2v) is 7.92. The molecule has 0 amide bonds. The standard InChI is InChI=1S/C16H28N2O4/c1-15(2)19-7-11(21-15)13(9-5-17-9)14(10-6-18-10)12-8-20-16(3,4)22-12/h9-14,17-18H,5-8H2,1-4H3/t9-,10-,11?,12?,13-,14-/m0/s1. The van der Waals surface area contributed by atoms with Gasteiger partial charge in [0, 0.05) is 37.0 Å². The van der Waals surface area contributed by atoms with Gasteiger partial charge >= 0.3 is 0 Å². The highest BCUT2D eigenvalue weighted by atomic mass is 16.7. The second-order valence-electron chi connectivity index (χ2n) is 7.92. The van der Waals surface area contributed by atoms with Crippen LogP contribution in [-0.2, 0) is 18.9 Å². The summed E-state index contributed by atoms with van der Waals surface area (Å²) in [6, 6.07) is 1.00. The minimum absolute atomic E-state index is 0.120. The van der Waals surface area contributed by atoms with E-state index in [1.165, 1.54) is 0 Å². The molecular formula is C16H28N2O4. The molecule has 4 fully saturated rings. The van der Waals surface area contributed by atoms with Crippen molar-refractivity contribution < 1.29 is 18.9 Å². The lowest BCUT2D eigenvalue weighted by Gasteiger charge is -2.34. The third-order valence-corrected chi connectivity index (χ3v) is 5.17. The van der Waals surface area contributed by atoms with E-state index in [0.29, 0.717) is 37.1 Å². The molecule has 0 aromatic heterocycles. The van der Waals surface area contributed by atoms with Gasteiger partial charge in [-0.2, -0.15) is 0 Å². The summed E-state index contributed by atoms with van der Waals surface area (Å²) in [4.78, 5) is 0. The number of hydrogen-bond acceptors (Lipinski definition) is 6. The summed E-state index contributed by atoms with van der Waals surface area (Å²) in [6.45, 7) is 11.4. The molecule has 0 aliphatic carbocycles. The highest BCUT2D eigenvalue weighted by Gasteiger charge is 2.55. The van der Waals surface area contributed by atoms with Gasteiger partial charge in [-0.15, -0.1) is 0 Å². The zero-order valence-corrected chi connectivity index (χ0v) is 13.9. The molecule has 2 N–H and O–H groups in total. The lowest BCUT2D eigenvalue weighted by atomic mass is 9.79. The summed E-state index contributed by atoms with van der Waals surface area (Å²) >= 11 is 0. The number of hydrogen-bond donors (Lipinski definition) is 2. The molecule has 4 saturated heterocycles. The molecule has 6 nitrogen and oxygen atoms in total. The van der Waals surface area contributed by atoms with Crippen LogP contribution in [0.15, 0.2) is 0 Å². The van der Waals surface area contributed by atoms with Gasteiger partial charge in [0.2, 0.25) is 0 Å². The molecule has 4 aliphatic heterocycles. The maximum Gasteiger partial charge on any atom is 0.163 e. The fourth-order valence-electron chi connectivity index (χ4n) is 4.04. The first kappa shape index (κ1) is 15.3. The van der Waals surface area contributed by atoms with Crippen LogP contribution in [0.5, 0.6) is 0 Å². The van der Waals surface area contributed by atoms with Crippen LogP contribution in [0.1, 0.15) is 27.7 Å². The highest BCUT2D eigenvalue weighted by molar-refractivity contribution is 5.07. The van der Waals surface area contributed by atoms with E-state index in [4.69, 9.17) is 18.9 Å². The first-order valence-electron chi connectivity index (χ1n) is 8.45. The third-order valence-electron chi connectivity index (χ3n) is 5.17. The van der Waals surface area contributed by atoms with Crippen LogP contribution >= 0.6 is 0 Å². The van der Waals surface area contributed by atoms with E-state index in [1.54, 1.807) is 0 Å². The second kappa shape index (κ2) is 5.13. The van der Waals surface area contributed by atoms with Gasteiger partial charge < -0.3 is 29.6 Å². The summed E-state index contributed by atoms with van der Waals surface area (Å²) in [7, 11) is 0. The molecular weight excluding hydrogens is 284 g/mol. The van der Waals surface area contributed by atoms with Crippen molar-refractivity contribution in [2.45, 2.75) is 63.6 Å². The van der Waals surface area contributed by atoms with Crippen molar-refractivity contribution >= 4 is 0 Å². The molecule has 0 aromatic rings. The van der Waals surface area contributed by atoms with E-state index in [1.807, 2.05) is 27.7 Å². The molecule has 4 aliphatic rings. The molecule has 4 rings (SSSR count). The Kier molecular flexibility index (Phi) is 3.57. The van der Waals surface area contributed by atoms with Crippen molar-refractivity contribution in [2.24, 2.45) is 11.8 Å². The van der Waals surface area contributed by atoms with E-state index < -0.39 is 11.6 Å². The fourth-order valence-corrected chi connectivity index (χ4v) is 4.04. The zero-order valence-electron chi connectivity index (χ0n) is 13.9. The minimum atomic E-state index is -0.481. The van der Waals surface area contributed by atoms with Gasteiger partial charge in [0.15, 0.2) is 11.6 Å². The first-order valence-corrected chi connectivity index (χ1v) is 8.45. The quantitative estimate of drug-likeness (QED) is 0.718. The summed E-state index contributed by atoms with van der Waals surface area (Å²) in [6.07, 6.45) is 0.240. The van der Waals surface area contributed by atoms with Crippen LogP contribution in [0, 0.1) is 11.8 Å². The Hall–Kier alpha value is -0.240. The van der Waals surface area contributed by atoms with Crippen molar-refractivity contribution in [1.29, 1.82) is 0 Å². The molecule has 126 valence electrons. The Balaban J connectivity index is 1.54. The Labute approximate surface area is 132 Å². The van der Waals surface area contributed by atoms with Crippen molar-refractivity contribution in [3.63, 3.8) is 0 Å². The molecule has 0 aromatic carbocycles. The van der Waals surface area contributed by atoms with Crippen molar-refractivity contribution in [1.82, 2.24) is 10.6 Å². The first-order chi connectivity index (χ1) is 10.3. The molecule has 4 heterocycles. The molecule has 0 radical (unpaired) electrons. The van der Waals surface area contributed by atoms with Crippen LogP contribution in [0.3, 0.4) is 0 Å². The van der Waals surface area contributed by atoms with Gasteiger partial charge in [0.05, 0.1) is 25.4 Å². The van der Waals surface area contributed by atoms with Gasteiger partial charge in [-0.05, 0) is 27.7 Å². The van der Waals surface area contributed by atoms with Gasteiger partial charge in [0.25, 0.3) is 0 Å². The lowest BCUT2D eigenvalue weighted by molar-refractivity contribution is -0.161. The summed E-state index contributed by atoms with van der Waals surface area (Å²) < 4.78 is 24.0. The van der Waals surface area contributed by atoms with Gasteiger partial charge in [-0.25, -0.2) is 0 Å². The van der Waals surface area contributed by atoms with E-state index in [2.05, 4.69) is 10.6 Å². The third kappa shape index (κ3) is 3.05. The van der Waals surface area contributed by atoms with Gasteiger partial charge in [-0.1, -0.05) is 0 Å². The average Bonchev–Trinajstić information content (AvgIpc) is 3.31. The average molecular weight is 312 g/mol. The van der Waals surface area contributed by atoms with Gasteiger partial charge in [0.1, 0.15) is 0 Å². The maximum atomic E-state index is 6.20. The zero-order chi connectivity index (χ0) is 15.5. The van der Waals surface area contributed by atoms with E-state index in [0.717, 1.165) is 13.1 Å². The summed E-state index contributed by atoms with van der Waals surface area (Å²) in [5.74, 6) is -0.175. The molecule has 0 spiro atoms. The fraction of sp³-hybridized carbons (Fsp3) is 1.00. The largest absolute Gasteiger partial charge is 0.348 e. The Morgan fingerprint density at radius 1 is 0.773 bits per heavy atom. The van der Waals surface area contributed by atoms with Crippen LogP contribution in [0.4, 0.5) is 0 Å². The molecule has 0 saturated carbocycles. The maximum absolute atomic E-state index is 6.20. The van der Waals surface area contributed by atoms with E-state index in [9.17, 15) is 0 Å². The lowest BCUT2D eigenvalue weighted by Crippen LogP contribution is -2.45. The molecule has 6 atom stereocenters. The number of nitrogens with one attached hydrogen (secondary N) is 2. The van der Waals surface area contributed by atoms with Gasteiger partial charge in [-0.3, -0.25) is 0 Å². The Morgan fingerprint density at radius 3 is 1.36 bits per heavy atom. The molecule has 0 bridgehead atoms. The smallest absolute Gasteiger partial charge is 0.163 e. The van der Waals surface area contributed by atoms with E-state index in [-0.39, 0.29) is 12.2 Å². The molecule has 22 heavy (non-hydrogen) atoms. The summed E-state index contributed by atoms with van der Waals surface area (Å²) in [5, 5.41) is 6.97. The molecule has 6 heteroatoms. The number of ether oxygens (including phenoxy) is 4. The highest BCUT2D eigenvalue weighted by Crippen LogP contribution is 2.42. The van der Waals surface area contributed by atoms with Crippen LogP contribution in [0.25, 0.3) is 0 Å². The van der Waals surface area contributed by atoms with Crippen molar-refractivity contribution in [3.05, 3.63) is 0 Å². The minimum Gasteiger partial charge on any atom is -0.348 e. The monoisotopic (exact) mass is 312 g/mol. The van der Waals surface area contributed by atoms with Crippen LogP contribution in [0.2, 0.25) is 0 Å². The topological polar surface area (TPSA) is 80.8 Å². The summed E-state index contributed by atoms with van der Waals surface area (Å²) in [5.41, 5.74) is 0. The van der Waals surface area contributed by atoms with Crippen LogP contribution < -0.4 is 10.6 Å². The van der Waals surface area contributed by atoms with E-state index >= 15 is 0 Å². The Bertz CT molecular complexity index is 394. The normalized spacial score (nSPS) is 44.7. The predicted molar refractivity (Wildman–Crippen MR) is 80.4 cm³/mol. The van der Waals surface area contributed by atoms with Crippen molar-refractivity contribution in [2.75, 3.05) is 26.3 Å².